The summed E-state index contributed by atoms with van der Waals surface area (Å²) in [5.74, 6) is 0.946. The fourth-order valence-electron chi connectivity index (χ4n) is 3.30. The molecule has 0 saturated carbocycles. The number of ketones is 1. The Hall–Kier alpha value is -3.14. The number of fused-ring (bicyclic) bond motifs is 1. The molecule has 0 radical (unpaired) electrons. The molecule has 130 valence electrons. The number of H-pyrrole nitrogens is 1. The van der Waals surface area contributed by atoms with Gasteiger partial charge in [0.1, 0.15) is 12.4 Å². The van der Waals surface area contributed by atoms with E-state index >= 15 is 0 Å². The summed E-state index contributed by atoms with van der Waals surface area (Å²) >= 11 is 0. The van der Waals surface area contributed by atoms with Crippen molar-refractivity contribution in [2.75, 3.05) is 6.61 Å². The van der Waals surface area contributed by atoms with E-state index in [1.807, 2.05) is 36.5 Å². The Morgan fingerprint density at radius 1 is 1.04 bits per heavy atom. The third-order valence-corrected chi connectivity index (χ3v) is 4.63. The van der Waals surface area contributed by atoms with E-state index < -0.39 is 0 Å². The van der Waals surface area contributed by atoms with E-state index in [1.165, 1.54) is 5.56 Å². The van der Waals surface area contributed by atoms with Crippen LogP contribution in [0.5, 0.6) is 5.75 Å². The number of aryl methyl sites for hydroxylation is 1. The maximum atomic E-state index is 12.1. The smallest absolute Gasteiger partial charge is 0.156 e. The first-order valence-electron chi connectivity index (χ1n) is 8.83. The Balaban J connectivity index is 1.58. The highest BCUT2D eigenvalue weighted by molar-refractivity contribution is 5.97. The Labute approximate surface area is 152 Å². The van der Waals surface area contributed by atoms with Gasteiger partial charge in [-0.15, -0.1) is 0 Å². The van der Waals surface area contributed by atoms with Gasteiger partial charge in [0.2, 0.25) is 0 Å². The number of ether oxygens (including phenoxy) is 1. The number of nitrogens with zero attached hydrogens (tertiary/aromatic N) is 1. The van der Waals surface area contributed by atoms with Crippen LogP contribution in [0.15, 0.2) is 67.0 Å². The van der Waals surface area contributed by atoms with Crippen LogP contribution in [-0.2, 0) is 11.2 Å². The van der Waals surface area contributed by atoms with E-state index in [1.54, 1.807) is 12.3 Å². The number of hydrogen-bond donors (Lipinski definition) is 1. The molecule has 0 amide bonds. The third-order valence-electron chi connectivity index (χ3n) is 4.63. The molecule has 1 aromatic heterocycles. The van der Waals surface area contributed by atoms with E-state index in [-0.39, 0.29) is 5.78 Å². The van der Waals surface area contributed by atoms with Crippen molar-refractivity contribution < 1.29 is 9.53 Å². The van der Waals surface area contributed by atoms with Gasteiger partial charge in [-0.1, -0.05) is 36.4 Å². The van der Waals surface area contributed by atoms with Crippen molar-refractivity contribution in [3.8, 4) is 16.9 Å². The third kappa shape index (κ3) is 3.59. The molecule has 0 spiro atoms. The predicted molar refractivity (Wildman–Crippen MR) is 102 cm³/mol. The minimum Gasteiger partial charge on any atom is -0.489 e. The highest BCUT2D eigenvalue weighted by Crippen LogP contribution is 2.27. The van der Waals surface area contributed by atoms with Gasteiger partial charge in [-0.25, -0.2) is 0 Å². The Bertz CT molecular complexity index is 942. The van der Waals surface area contributed by atoms with Crippen molar-refractivity contribution in [3.63, 3.8) is 0 Å². The van der Waals surface area contributed by atoms with Crippen molar-refractivity contribution in [1.29, 1.82) is 0 Å². The van der Waals surface area contributed by atoms with Crippen LogP contribution in [0.25, 0.3) is 16.7 Å². The first-order valence-corrected chi connectivity index (χ1v) is 8.83. The van der Waals surface area contributed by atoms with Crippen molar-refractivity contribution in [1.82, 2.24) is 10.2 Å². The molecule has 0 atom stereocenters. The number of aromatic nitrogens is 2. The zero-order chi connectivity index (χ0) is 17.8. The Morgan fingerprint density at radius 3 is 2.85 bits per heavy atom. The molecule has 26 heavy (non-hydrogen) atoms. The number of nitrogens with one attached hydrogen (secondary N) is 1. The predicted octanol–water partition coefficient (Wildman–Crippen LogP) is 4.44. The number of aromatic amines is 1. The minimum absolute atomic E-state index is 0.172. The van der Waals surface area contributed by atoms with Crippen molar-refractivity contribution in [2.24, 2.45) is 0 Å². The molecule has 0 unspecified atom stereocenters. The number of allylic oxidation sites excluding steroid dienone is 1. The van der Waals surface area contributed by atoms with Gasteiger partial charge < -0.3 is 4.74 Å². The zero-order valence-corrected chi connectivity index (χ0v) is 14.4. The van der Waals surface area contributed by atoms with Crippen molar-refractivity contribution in [2.45, 2.75) is 19.3 Å². The summed E-state index contributed by atoms with van der Waals surface area (Å²) in [5.41, 5.74) is 5.40. The average molecular weight is 344 g/mol. The number of hydrogen-bond acceptors (Lipinski definition) is 3. The lowest BCUT2D eigenvalue weighted by Crippen LogP contribution is -2.09. The first kappa shape index (κ1) is 16.3. The van der Waals surface area contributed by atoms with Gasteiger partial charge in [0.15, 0.2) is 5.78 Å². The summed E-state index contributed by atoms with van der Waals surface area (Å²) in [6.45, 7) is 0.373. The lowest BCUT2D eigenvalue weighted by molar-refractivity contribution is -0.114. The molecule has 0 saturated heterocycles. The molecule has 1 heterocycles. The fourth-order valence-corrected chi connectivity index (χ4v) is 3.30. The molecule has 4 nitrogen and oxygen atoms in total. The molecule has 0 bridgehead atoms. The molecular formula is C22H20N2O2. The van der Waals surface area contributed by atoms with E-state index in [2.05, 4.69) is 28.4 Å². The first-order chi connectivity index (χ1) is 12.8. The summed E-state index contributed by atoms with van der Waals surface area (Å²) in [6, 6.07) is 16.2. The van der Waals surface area contributed by atoms with Crippen LogP contribution in [0, 0.1) is 0 Å². The monoisotopic (exact) mass is 344 g/mol. The summed E-state index contributed by atoms with van der Waals surface area (Å²) in [4.78, 5) is 12.1. The van der Waals surface area contributed by atoms with E-state index in [9.17, 15) is 4.79 Å². The van der Waals surface area contributed by atoms with E-state index in [0.29, 0.717) is 13.0 Å². The van der Waals surface area contributed by atoms with Crippen LogP contribution in [-0.4, -0.2) is 22.6 Å². The van der Waals surface area contributed by atoms with Gasteiger partial charge in [0, 0.05) is 23.8 Å². The Morgan fingerprint density at radius 2 is 1.96 bits per heavy atom. The number of rotatable bonds is 4. The molecule has 3 aromatic rings. The molecule has 4 rings (SSSR count). The fraction of sp³-hybridized carbons (Fsp3) is 0.182. The summed E-state index contributed by atoms with van der Waals surface area (Å²) in [7, 11) is 0. The number of carbonyl (C=O) groups excluding carboxylic acids is 1. The van der Waals surface area contributed by atoms with Crippen LogP contribution < -0.4 is 4.74 Å². The van der Waals surface area contributed by atoms with Crippen LogP contribution in [0.1, 0.15) is 24.0 Å². The molecule has 1 aliphatic rings. The standard InChI is InChI=1S/C22H20N2O2/c25-20-8-3-6-16-5-1-2-10-22(16)18(11-20)15-26-21-9-4-7-17(12-21)19-13-23-24-14-19/h1-2,4-5,7,9-14H,3,6,8,15H2,(H,23,24)/b18-11-. The van der Waals surface area contributed by atoms with Crippen LogP contribution in [0.2, 0.25) is 0 Å². The highest BCUT2D eigenvalue weighted by atomic mass is 16.5. The second-order valence-corrected chi connectivity index (χ2v) is 6.45. The van der Waals surface area contributed by atoms with Crippen molar-refractivity contribution >= 4 is 11.4 Å². The number of carbonyl (C=O) groups is 1. The second kappa shape index (κ2) is 7.40. The van der Waals surface area contributed by atoms with Gasteiger partial charge in [0.05, 0.1) is 6.20 Å². The average Bonchev–Trinajstić information content (AvgIpc) is 3.19. The Kier molecular flexibility index (Phi) is 4.65. The molecule has 0 aliphatic heterocycles. The SMILES string of the molecule is O=C1/C=C(/COc2cccc(-c3cn[nH]c3)c2)c2ccccc2CCC1. The molecule has 2 aromatic carbocycles. The minimum atomic E-state index is 0.172. The molecule has 1 N–H and O–H groups in total. The maximum Gasteiger partial charge on any atom is 0.156 e. The van der Waals surface area contributed by atoms with Gasteiger partial charge in [-0.05, 0) is 47.7 Å². The summed E-state index contributed by atoms with van der Waals surface area (Å²) in [5, 5.41) is 6.81. The summed E-state index contributed by atoms with van der Waals surface area (Å²) < 4.78 is 6.03. The number of benzene rings is 2. The highest BCUT2D eigenvalue weighted by Gasteiger charge is 2.14. The molecule has 1 aliphatic carbocycles. The van der Waals surface area contributed by atoms with Crippen LogP contribution in [0.3, 0.4) is 0 Å². The van der Waals surface area contributed by atoms with E-state index in [0.717, 1.165) is 40.9 Å². The van der Waals surface area contributed by atoms with E-state index in [4.69, 9.17) is 4.74 Å². The lowest BCUT2D eigenvalue weighted by atomic mass is 9.92. The van der Waals surface area contributed by atoms with Crippen LogP contribution >= 0.6 is 0 Å². The molecule has 4 heteroatoms. The van der Waals surface area contributed by atoms with Crippen molar-refractivity contribution in [3.05, 3.63) is 78.1 Å². The zero-order valence-electron chi connectivity index (χ0n) is 14.4. The van der Waals surface area contributed by atoms with Gasteiger partial charge in [-0.2, -0.15) is 5.10 Å². The normalized spacial score (nSPS) is 16.2. The molecule has 0 fully saturated rings. The molecular weight excluding hydrogens is 324 g/mol. The topological polar surface area (TPSA) is 55.0 Å². The second-order valence-electron chi connectivity index (χ2n) is 6.45. The summed E-state index contributed by atoms with van der Waals surface area (Å²) in [6.07, 6.45) is 7.80. The van der Waals surface area contributed by atoms with Crippen LogP contribution in [0.4, 0.5) is 0 Å². The maximum absolute atomic E-state index is 12.1. The largest absolute Gasteiger partial charge is 0.489 e. The lowest BCUT2D eigenvalue weighted by Gasteiger charge is -2.16. The van der Waals surface area contributed by atoms with Gasteiger partial charge in [0.25, 0.3) is 0 Å². The quantitative estimate of drug-likeness (QED) is 0.761. The van der Waals surface area contributed by atoms with Gasteiger partial charge >= 0.3 is 0 Å². The van der Waals surface area contributed by atoms with Gasteiger partial charge in [-0.3, -0.25) is 9.89 Å².